The molecule has 1 heterocycles. The monoisotopic (exact) mass is 262 g/mol. The third-order valence-electron chi connectivity index (χ3n) is 2.91. The van der Waals surface area contributed by atoms with Crippen molar-refractivity contribution < 1.29 is 13.6 Å². The predicted octanol–water partition coefficient (Wildman–Crippen LogP) is 2.67. The molecule has 0 spiro atoms. The summed E-state index contributed by atoms with van der Waals surface area (Å²) in [6.45, 7) is 5.56. The lowest BCUT2D eigenvalue weighted by atomic mass is 10.1. The number of carbonyl (C=O) groups is 1. The molecule has 0 bridgehead atoms. The number of benzene rings is 1. The first-order valence-electron chi connectivity index (χ1n) is 5.94. The first-order chi connectivity index (χ1) is 8.97. The lowest BCUT2D eigenvalue weighted by Crippen LogP contribution is -2.23. The fourth-order valence-electron chi connectivity index (χ4n) is 1.75. The number of hydrogen-bond donors (Lipinski definition) is 1. The van der Waals surface area contributed by atoms with Gasteiger partial charge in [-0.15, -0.1) is 0 Å². The van der Waals surface area contributed by atoms with Crippen LogP contribution in [0.1, 0.15) is 33.3 Å². The molecule has 1 amide bonds. The number of halogens is 1. The van der Waals surface area contributed by atoms with Crippen LogP contribution in [0.25, 0.3) is 0 Å². The van der Waals surface area contributed by atoms with Gasteiger partial charge < -0.3 is 9.73 Å². The SMILES string of the molecule is Cc1cc(F)ccc1C(=O)NCc1nc(C)c(C)o1. The van der Waals surface area contributed by atoms with Crippen LogP contribution in [-0.4, -0.2) is 10.9 Å². The van der Waals surface area contributed by atoms with Gasteiger partial charge in [0.15, 0.2) is 0 Å². The highest BCUT2D eigenvalue weighted by molar-refractivity contribution is 5.95. The van der Waals surface area contributed by atoms with Crippen LogP contribution in [0.5, 0.6) is 0 Å². The van der Waals surface area contributed by atoms with Crippen LogP contribution in [0.2, 0.25) is 0 Å². The van der Waals surface area contributed by atoms with E-state index in [-0.39, 0.29) is 18.3 Å². The van der Waals surface area contributed by atoms with E-state index in [9.17, 15) is 9.18 Å². The van der Waals surface area contributed by atoms with E-state index in [1.807, 2.05) is 13.8 Å². The van der Waals surface area contributed by atoms with E-state index in [1.54, 1.807) is 6.92 Å². The smallest absolute Gasteiger partial charge is 0.251 e. The lowest BCUT2D eigenvalue weighted by molar-refractivity contribution is 0.0946. The fourth-order valence-corrected chi connectivity index (χ4v) is 1.75. The standard InChI is InChI=1S/C14H15FN2O2/c1-8-6-11(15)4-5-12(8)14(18)16-7-13-17-9(2)10(3)19-13/h4-6H,7H2,1-3H3,(H,16,18). The number of aryl methyl sites for hydroxylation is 3. The van der Waals surface area contributed by atoms with E-state index in [1.165, 1.54) is 18.2 Å². The average molecular weight is 262 g/mol. The van der Waals surface area contributed by atoms with Gasteiger partial charge in [0.1, 0.15) is 11.6 Å². The summed E-state index contributed by atoms with van der Waals surface area (Å²) in [6.07, 6.45) is 0. The maximum Gasteiger partial charge on any atom is 0.251 e. The number of carbonyl (C=O) groups excluding carboxylic acids is 1. The molecule has 0 saturated heterocycles. The summed E-state index contributed by atoms with van der Waals surface area (Å²) < 4.78 is 18.3. The number of oxazole rings is 1. The molecule has 1 N–H and O–H groups in total. The minimum absolute atomic E-state index is 0.213. The van der Waals surface area contributed by atoms with E-state index in [0.29, 0.717) is 17.0 Å². The molecule has 0 saturated carbocycles. The minimum Gasteiger partial charge on any atom is -0.444 e. The zero-order chi connectivity index (χ0) is 14.0. The molecule has 0 aliphatic rings. The summed E-state index contributed by atoms with van der Waals surface area (Å²) in [5.74, 6) is 0.573. The van der Waals surface area contributed by atoms with Gasteiger partial charge in [0.05, 0.1) is 12.2 Å². The van der Waals surface area contributed by atoms with Gasteiger partial charge in [-0.3, -0.25) is 4.79 Å². The number of rotatable bonds is 3. The molecule has 19 heavy (non-hydrogen) atoms. The lowest BCUT2D eigenvalue weighted by Gasteiger charge is -2.06. The van der Waals surface area contributed by atoms with Crippen molar-refractivity contribution in [1.29, 1.82) is 0 Å². The number of aromatic nitrogens is 1. The Balaban J connectivity index is 2.05. The molecule has 1 aromatic carbocycles. The zero-order valence-corrected chi connectivity index (χ0v) is 11.1. The molecule has 0 atom stereocenters. The number of hydrogen-bond acceptors (Lipinski definition) is 3. The molecule has 0 aliphatic heterocycles. The van der Waals surface area contributed by atoms with E-state index in [0.717, 1.165) is 11.5 Å². The predicted molar refractivity (Wildman–Crippen MR) is 68.3 cm³/mol. The van der Waals surface area contributed by atoms with Gasteiger partial charge in [-0.1, -0.05) is 0 Å². The van der Waals surface area contributed by atoms with Crippen molar-refractivity contribution in [2.45, 2.75) is 27.3 Å². The highest BCUT2D eigenvalue weighted by Gasteiger charge is 2.11. The molecule has 100 valence electrons. The van der Waals surface area contributed by atoms with Gasteiger partial charge in [0.2, 0.25) is 5.89 Å². The third kappa shape index (κ3) is 2.99. The van der Waals surface area contributed by atoms with Gasteiger partial charge in [-0.2, -0.15) is 0 Å². The quantitative estimate of drug-likeness (QED) is 0.925. The van der Waals surface area contributed by atoms with Gasteiger partial charge in [0, 0.05) is 5.56 Å². The molecule has 0 aliphatic carbocycles. The molecule has 0 radical (unpaired) electrons. The summed E-state index contributed by atoms with van der Waals surface area (Å²) in [5.41, 5.74) is 1.85. The van der Waals surface area contributed by atoms with Crippen LogP contribution in [0.4, 0.5) is 4.39 Å². The van der Waals surface area contributed by atoms with Crippen LogP contribution in [-0.2, 0) is 6.54 Å². The summed E-state index contributed by atoms with van der Waals surface area (Å²) in [4.78, 5) is 16.1. The molecular weight excluding hydrogens is 247 g/mol. The van der Waals surface area contributed by atoms with Crippen molar-refractivity contribution in [2.24, 2.45) is 0 Å². The molecule has 5 heteroatoms. The van der Waals surface area contributed by atoms with Crippen molar-refractivity contribution in [3.63, 3.8) is 0 Å². The van der Waals surface area contributed by atoms with E-state index < -0.39 is 0 Å². The topological polar surface area (TPSA) is 55.1 Å². The average Bonchev–Trinajstić information content (AvgIpc) is 2.66. The van der Waals surface area contributed by atoms with Crippen LogP contribution in [0.15, 0.2) is 22.6 Å². The Kier molecular flexibility index (Phi) is 3.64. The first-order valence-corrected chi connectivity index (χ1v) is 5.94. The van der Waals surface area contributed by atoms with E-state index in [2.05, 4.69) is 10.3 Å². The second-order valence-electron chi connectivity index (χ2n) is 4.39. The Morgan fingerprint density at radius 1 is 1.37 bits per heavy atom. The Hall–Kier alpha value is -2.17. The summed E-state index contributed by atoms with van der Waals surface area (Å²) in [5, 5.41) is 2.70. The summed E-state index contributed by atoms with van der Waals surface area (Å²) in [7, 11) is 0. The van der Waals surface area contributed by atoms with Crippen molar-refractivity contribution in [3.8, 4) is 0 Å². The van der Waals surface area contributed by atoms with E-state index >= 15 is 0 Å². The maximum absolute atomic E-state index is 13.0. The molecule has 2 rings (SSSR count). The van der Waals surface area contributed by atoms with Crippen molar-refractivity contribution in [1.82, 2.24) is 10.3 Å². The fraction of sp³-hybridized carbons (Fsp3) is 0.286. The number of amides is 1. The Bertz CT molecular complexity index is 600. The Morgan fingerprint density at radius 3 is 2.68 bits per heavy atom. The van der Waals surface area contributed by atoms with Crippen LogP contribution < -0.4 is 5.32 Å². The second-order valence-corrected chi connectivity index (χ2v) is 4.39. The van der Waals surface area contributed by atoms with Gasteiger partial charge >= 0.3 is 0 Å². The van der Waals surface area contributed by atoms with Gasteiger partial charge in [-0.05, 0) is 44.5 Å². The molecule has 2 aromatic rings. The van der Waals surface area contributed by atoms with Crippen LogP contribution >= 0.6 is 0 Å². The third-order valence-corrected chi connectivity index (χ3v) is 2.91. The molecule has 1 aromatic heterocycles. The highest BCUT2D eigenvalue weighted by Crippen LogP contribution is 2.11. The Labute approximate surface area is 110 Å². The summed E-state index contributed by atoms with van der Waals surface area (Å²) in [6, 6.07) is 4.06. The van der Waals surface area contributed by atoms with Gasteiger partial charge in [0.25, 0.3) is 5.91 Å². The molecule has 0 unspecified atom stereocenters. The zero-order valence-electron chi connectivity index (χ0n) is 11.1. The minimum atomic E-state index is -0.354. The highest BCUT2D eigenvalue weighted by atomic mass is 19.1. The first kappa shape index (κ1) is 13.3. The number of nitrogens with zero attached hydrogens (tertiary/aromatic N) is 1. The summed E-state index contributed by atoms with van der Waals surface area (Å²) >= 11 is 0. The second kappa shape index (κ2) is 5.22. The Morgan fingerprint density at radius 2 is 2.11 bits per heavy atom. The molecule has 0 fully saturated rings. The van der Waals surface area contributed by atoms with Crippen LogP contribution in [0.3, 0.4) is 0 Å². The largest absolute Gasteiger partial charge is 0.444 e. The van der Waals surface area contributed by atoms with Crippen molar-refractivity contribution in [3.05, 3.63) is 52.5 Å². The van der Waals surface area contributed by atoms with Crippen LogP contribution in [0, 0.1) is 26.6 Å². The maximum atomic E-state index is 13.0. The van der Waals surface area contributed by atoms with Crippen molar-refractivity contribution >= 4 is 5.91 Å². The number of nitrogens with one attached hydrogen (secondary N) is 1. The normalized spacial score (nSPS) is 10.5. The van der Waals surface area contributed by atoms with Gasteiger partial charge in [-0.25, -0.2) is 9.37 Å². The molecule has 4 nitrogen and oxygen atoms in total. The van der Waals surface area contributed by atoms with Crippen molar-refractivity contribution in [2.75, 3.05) is 0 Å². The molecular formula is C14H15FN2O2. The van der Waals surface area contributed by atoms with E-state index in [4.69, 9.17) is 4.42 Å².